The second-order valence-electron chi connectivity index (χ2n) is 5.85. The number of ether oxygens (including phenoxy) is 2. The third kappa shape index (κ3) is 6.82. The lowest BCUT2D eigenvalue weighted by Crippen LogP contribution is -2.50. The summed E-state index contributed by atoms with van der Waals surface area (Å²) < 4.78 is 22.6. The average molecular weight is 353 g/mol. The number of hydrogen-bond acceptors (Lipinski definition) is 4. The van der Waals surface area contributed by atoms with Gasteiger partial charge in [0, 0.05) is 6.54 Å². The summed E-state index contributed by atoms with van der Waals surface area (Å²) >= 11 is 0. The third-order valence-corrected chi connectivity index (χ3v) is 4.09. The van der Waals surface area contributed by atoms with Gasteiger partial charge in [0.1, 0.15) is 25.9 Å². The number of alkyl halides is 1. The maximum absolute atomic E-state index is 12.6. The average Bonchev–Trinajstić information content (AvgIpc) is 2.64. The molecule has 0 saturated carbocycles. The fourth-order valence-corrected chi connectivity index (χ4v) is 2.53. The Morgan fingerprint density at radius 1 is 1.20 bits per heavy atom. The summed E-state index contributed by atoms with van der Waals surface area (Å²) in [5, 5.41) is 0. The predicted octanol–water partition coefficient (Wildman–Crippen LogP) is 2.98. The largest absolute Gasteiger partial charge is 0.459 e. The first-order valence-electron chi connectivity index (χ1n) is 8.68. The van der Waals surface area contributed by atoms with Gasteiger partial charge < -0.3 is 14.4 Å². The smallest absolute Gasteiger partial charge is 0.329 e. The molecule has 2 atom stereocenters. The van der Waals surface area contributed by atoms with Gasteiger partial charge in [-0.1, -0.05) is 50.6 Å². The number of esters is 1. The lowest BCUT2D eigenvalue weighted by Gasteiger charge is -2.33. The van der Waals surface area contributed by atoms with E-state index in [9.17, 15) is 14.0 Å². The monoisotopic (exact) mass is 353 g/mol. The van der Waals surface area contributed by atoms with Gasteiger partial charge in [-0.15, -0.1) is 0 Å². The van der Waals surface area contributed by atoms with Crippen LogP contribution in [0.4, 0.5) is 4.39 Å². The van der Waals surface area contributed by atoms with E-state index in [1.54, 1.807) is 6.92 Å². The second-order valence-corrected chi connectivity index (χ2v) is 5.85. The van der Waals surface area contributed by atoms with Crippen LogP contribution in [0.15, 0.2) is 30.3 Å². The highest BCUT2D eigenvalue weighted by Crippen LogP contribution is 2.18. The van der Waals surface area contributed by atoms with Gasteiger partial charge in [0.2, 0.25) is 5.91 Å². The molecule has 0 N–H and O–H groups in total. The Labute approximate surface area is 149 Å². The number of likely N-dealkylation sites (N-methyl/N-ethyl adjacent to an activating group) is 1. The molecule has 1 amide bonds. The number of amides is 1. The van der Waals surface area contributed by atoms with Crippen molar-refractivity contribution < 1.29 is 23.5 Å². The van der Waals surface area contributed by atoms with Gasteiger partial charge in [-0.2, -0.15) is 0 Å². The Morgan fingerprint density at radius 3 is 2.44 bits per heavy atom. The standard InChI is InChI=1S/C19H28FNO4/c1-4-15(3)18(21(5-2)17(22)14-24-12-11-20)19(23)25-13-16-9-7-6-8-10-16/h6-10,15,18H,4-5,11-14H2,1-3H3. The van der Waals surface area contributed by atoms with E-state index in [2.05, 4.69) is 0 Å². The molecule has 0 radical (unpaired) electrons. The predicted molar refractivity (Wildman–Crippen MR) is 93.7 cm³/mol. The number of benzene rings is 1. The normalized spacial score (nSPS) is 13.1. The first-order valence-corrected chi connectivity index (χ1v) is 8.68. The van der Waals surface area contributed by atoms with Crippen molar-refractivity contribution in [3.8, 4) is 0 Å². The lowest BCUT2D eigenvalue weighted by molar-refractivity contribution is -0.160. The molecule has 0 aliphatic heterocycles. The van der Waals surface area contributed by atoms with E-state index >= 15 is 0 Å². The fourth-order valence-electron chi connectivity index (χ4n) is 2.53. The zero-order chi connectivity index (χ0) is 18.7. The van der Waals surface area contributed by atoms with Crippen LogP contribution in [0.2, 0.25) is 0 Å². The van der Waals surface area contributed by atoms with E-state index in [-0.39, 0.29) is 31.6 Å². The molecule has 1 aromatic rings. The number of carbonyl (C=O) groups is 2. The Balaban J connectivity index is 2.78. The molecule has 0 bridgehead atoms. The summed E-state index contributed by atoms with van der Waals surface area (Å²) in [7, 11) is 0. The minimum atomic E-state index is -0.680. The highest BCUT2D eigenvalue weighted by atomic mass is 19.1. The number of hydrogen-bond donors (Lipinski definition) is 0. The number of rotatable bonds is 11. The van der Waals surface area contributed by atoms with Crippen LogP contribution in [0.1, 0.15) is 32.8 Å². The number of halogens is 1. The summed E-state index contributed by atoms with van der Waals surface area (Å²) in [6.07, 6.45) is 0.722. The van der Waals surface area contributed by atoms with Crippen molar-refractivity contribution >= 4 is 11.9 Å². The molecule has 6 heteroatoms. The quantitative estimate of drug-likeness (QED) is 0.453. The Morgan fingerprint density at radius 2 is 1.88 bits per heavy atom. The van der Waals surface area contributed by atoms with Gasteiger partial charge in [0.15, 0.2) is 0 Å². The topological polar surface area (TPSA) is 55.8 Å². The van der Waals surface area contributed by atoms with E-state index in [1.807, 2.05) is 44.2 Å². The van der Waals surface area contributed by atoms with Crippen LogP contribution in [0.5, 0.6) is 0 Å². The molecule has 0 heterocycles. The van der Waals surface area contributed by atoms with Crippen molar-refractivity contribution in [3.63, 3.8) is 0 Å². The Bertz CT molecular complexity index is 523. The zero-order valence-electron chi connectivity index (χ0n) is 15.2. The first-order chi connectivity index (χ1) is 12.0. The molecule has 140 valence electrons. The number of nitrogens with zero attached hydrogens (tertiary/aromatic N) is 1. The van der Waals surface area contributed by atoms with Crippen LogP contribution in [0, 0.1) is 5.92 Å². The third-order valence-electron chi connectivity index (χ3n) is 4.09. The Kier molecular flexibility index (Phi) is 9.77. The van der Waals surface area contributed by atoms with Crippen LogP contribution in [-0.2, 0) is 25.7 Å². The van der Waals surface area contributed by atoms with Crippen molar-refractivity contribution in [1.82, 2.24) is 4.90 Å². The van der Waals surface area contributed by atoms with Crippen molar-refractivity contribution in [2.45, 2.75) is 39.8 Å². The zero-order valence-corrected chi connectivity index (χ0v) is 15.2. The SMILES string of the molecule is CCC(C)C(C(=O)OCc1ccccc1)N(CC)C(=O)COCCF. The molecule has 0 aliphatic carbocycles. The number of carbonyl (C=O) groups excluding carboxylic acids is 2. The van der Waals surface area contributed by atoms with Gasteiger partial charge in [0.05, 0.1) is 6.61 Å². The molecule has 25 heavy (non-hydrogen) atoms. The van der Waals surface area contributed by atoms with Crippen molar-refractivity contribution in [2.24, 2.45) is 5.92 Å². The van der Waals surface area contributed by atoms with Gasteiger partial charge >= 0.3 is 5.97 Å². The van der Waals surface area contributed by atoms with Gasteiger partial charge in [-0.3, -0.25) is 4.79 Å². The van der Waals surface area contributed by atoms with E-state index in [4.69, 9.17) is 9.47 Å². The molecule has 1 aromatic carbocycles. The van der Waals surface area contributed by atoms with E-state index in [0.29, 0.717) is 6.54 Å². The van der Waals surface area contributed by atoms with E-state index in [0.717, 1.165) is 12.0 Å². The Hall–Kier alpha value is -1.95. The summed E-state index contributed by atoms with van der Waals surface area (Å²) in [5.74, 6) is -0.829. The molecule has 0 aliphatic rings. The van der Waals surface area contributed by atoms with Gasteiger partial charge in [-0.05, 0) is 18.4 Å². The molecule has 2 unspecified atom stereocenters. The first kappa shape index (κ1) is 21.1. The van der Waals surface area contributed by atoms with Crippen LogP contribution < -0.4 is 0 Å². The summed E-state index contributed by atoms with van der Waals surface area (Å²) in [6.45, 7) is 5.17. The van der Waals surface area contributed by atoms with Gasteiger partial charge in [0.25, 0.3) is 0 Å². The van der Waals surface area contributed by atoms with Crippen LogP contribution in [0.25, 0.3) is 0 Å². The van der Waals surface area contributed by atoms with Crippen molar-refractivity contribution in [2.75, 3.05) is 26.4 Å². The lowest BCUT2D eigenvalue weighted by atomic mass is 9.97. The highest BCUT2D eigenvalue weighted by Gasteiger charge is 2.34. The molecule has 0 aromatic heterocycles. The molecular formula is C19H28FNO4. The molecule has 0 saturated heterocycles. The fraction of sp³-hybridized carbons (Fsp3) is 0.579. The minimum absolute atomic E-state index is 0.0617. The second kappa shape index (κ2) is 11.6. The maximum Gasteiger partial charge on any atom is 0.329 e. The molecule has 0 fully saturated rings. The summed E-state index contributed by atoms with van der Waals surface area (Å²) in [5.41, 5.74) is 0.888. The van der Waals surface area contributed by atoms with Crippen molar-refractivity contribution in [1.29, 1.82) is 0 Å². The highest BCUT2D eigenvalue weighted by molar-refractivity contribution is 5.85. The van der Waals surface area contributed by atoms with Crippen molar-refractivity contribution in [3.05, 3.63) is 35.9 Å². The van der Waals surface area contributed by atoms with Crippen LogP contribution in [0.3, 0.4) is 0 Å². The maximum atomic E-state index is 12.6. The van der Waals surface area contributed by atoms with Gasteiger partial charge in [-0.25, -0.2) is 9.18 Å². The van der Waals surface area contributed by atoms with Crippen LogP contribution >= 0.6 is 0 Å². The summed E-state index contributed by atoms with van der Waals surface area (Å²) in [6, 6.07) is 8.71. The molecule has 5 nitrogen and oxygen atoms in total. The van der Waals surface area contributed by atoms with Crippen LogP contribution in [-0.4, -0.2) is 49.3 Å². The summed E-state index contributed by atoms with van der Waals surface area (Å²) in [4.78, 5) is 26.5. The van der Waals surface area contributed by atoms with E-state index < -0.39 is 18.7 Å². The molecular weight excluding hydrogens is 325 g/mol. The molecule has 0 spiro atoms. The molecule has 1 rings (SSSR count). The van der Waals surface area contributed by atoms with E-state index in [1.165, 1.54) is 4.90 Å². The minimum Gasteiger partial charge on any atom is -0.459 e.